The van der Waals surface area contributed by atoms with Crippen molar-refractivity contribution in [2.45, 2.75) is 13.0 Å². The molecule has 1 unspecified atom stereocenters. The highest BCUT2D eigenvalue weighted by Gasteiger charge is 2.27. The molecule has 86 valence electrons. The second-order valence-corrected chi connectivity index (χ2v) is 3.76. The summed E-state index contributed by atoms with van der Waals surface area (Å²) in [6, 6.07) is 2.90. The molecular formula is C11H12F2N2O. The van der Waals surface area contributed by atoms with Crippen LogP contribution in [0.25, 0.3) is 0 Å². The van der Waals surface area contributed by atoms with E-state index in [2.05, 4.69) is 5.32 Å². The molecule has 16 heavy (non-hydrogen) atoms. The van der Waals surface area contributed by atoms with Crippen LogP contribution in [0.2, 0.25) is 0 Å². The van der Waals surface area contributed by atoms with Gasteiger partial charge in [0.15, 0.2) is 0 Å². The Morgan fingerprint density at radius 3 is 2.88 bits per heavy atom. The summed E-state index contributed by atoms with van der Waals surface area (Å²) in [4.78, 5) is 13.1. The molecule has 0 saturated carbocycles. The normalized spacial score (nSPS) is 21.3. The summed E-state index contributed by atoms with van der Waals surface area (Å²) in [5.74, 6) is -1.55. The Balaban J connectivity index is 2.32. The van der Waals surface area contributed by atoms with Crippen LogP contribution in [-0.4, -0.2) is 25.0 Å². The van der Waals surface area contributed by atoms with E-state index in [0.717, 1.165) is 12.1 Å². The Bertz CT molecular complexity index is 422. The predicted molar refractivity (Wildman–Crippen MR) is 56.2 cm³/mol. The van der Waals surface area contributed by atoms with Gasteiger partial charge in [-0.15, -0.1) is 0 Å². The zero-order chi connectivity index (χ0) is 11.7. The Morgan fingerprint density at radius 1 is 1.44 bits per heavy atom. The molecule has 0 aliphatic carbocycles. The number of nitrogens with one attached hydrogen (secondary N) is 1. The first kappa shape index (κ1) is 11.0. The topological polar surface area (TPSA) is 32.3 Å². The maximum absolute atomic E-state index is 13.5. The van der Waals surface area contributed by atoms with Crippen LogP contribution in [0.1, 0.15) is 6.92 Å². The van der Waals surface area contributed by atoms with E-state index < -0.39 is 11.6 Å². The van der Waals surface area contributed by atoms with Gasteiger partial charge in [0.25, 0.3) is 0 Å². The van der Waals surface area contributed by atoms with Gasteiger partial charge in [0, 0.05) is 19.2 Å². The number of anilines is 1. The Kier molecular flexibility index (Phi) is 2.87. The van der Waals surface area contributed by atoms with Crippen molar-refractivity contribution in [2.24, 2.45) is 0 Å². The monoisotopic (exact) mass is 226 g/mol. The number of halogens is 2. The third-order valence-corrected chi connectivity index (χ3v) is 2.62. The second-order valence-electron chi connectivity index (χ2n) is 3.76. The SMILES string of the molecule is CC1NCCN(c2ccc(F)cc2F)C1=O. The van der Waals surface area contributed by atoms with Crippen LogP contribution in [0.5, 0.6) is 0 Å². The molecule has 1 aromatic carbocycles. The Morgan fingerprint density at radius 2 is 2.19 bits per heavy atom. The summed E-state index contributed by atoms with van der Waals surface area (Å²) >= 11 is 0. The summed E-state index contributed by atoms with van der Waals surface area (Å²) < 4.78 is 26.2. The van der Waals surface area contributed by atoms with Crippen LogP contribution in [0.4, 0.5) is 14.5 Å². The number of rotatable bonds is 1. The van der Waals surface area contributed by atoms with Gasteiger partial charge in [0.05, 0.1) is 11.7 Å². The molecular weight excluding hydrogens is 214 g/mol. The highest BCUT2D eigenvalue weighted by atomic mass is 19.1. The van der Waals surface area contributed by atoms with Crippen LogP contribution in [0.3, 0.4) is 0 Å². The smallest absolute Gasteiger partial charge is 0.243 e. The molecule has 1 aromatic rings. The molecule has 1 saturated heterocycles. The van der Waals surface area contributed by atoms with Crippen LogP contribution in [0.15, 0.2) is 18.2 Å². The molecule has 0 aromatic heterocycles. The summed E-state index contributed by atoms with van der Waals surface area (Å²) in [6.45, 7) is 2.71. The number of carbonyl (C=O) groups excluding carboxylic acids is 1. The van der Waals surface area contributed by atoms with Gasteiger partial charge in [-0.2, -0.15) is 0 Å². The van der Waals surface area contributed by atoms with Crippen molar-refractivity contribution in [2.75, 3.05) is 18.0 Å². The molecule has 0 spiro atoms. The Labute approximate surface area is 92.1 Å². The van der Waals surface area contributed by atoms with Crippen LogP contribution in [0, 0.1) is 11.6 Å². The quantitative estimate of drug-likeness (QED) is 0.782. The molecule has 0 radical (unpaired) electrons. The van der Waals surface area contributed by atoms with Gasteiger partial charge < -0.3 is 10.2 Å². The molecule has 1 heterocycles. The molecule has 2 rings (SSSR count). The average Bonchev–Trinajstić information content (AvgIpc) is 2.23. The van der Waals surface area contributed by atoms with E-state index in [4.69, 9.17) is 0 Å². The van der Waals surface area contributed by atoms with Crippen molar-refractivity contribution >= 4 is 11.6 Å². The van der Waals surface area contributed by atoms with E-state index in [1.165, 1.54) is 11.0 Å². The molecule has 1 atom stereocenters. The van der Waals surface area contributed by atoms with E-state index in [0.29, 0.717) is 13.1 Å². The molecule has 3 nitrogen and oxygen atoms in total. The van der Waals surface area contributed by atoms with Crippen molar-refractivity contribution in [3.63, 3.8) is 0 Å². The van der Waals surface area contributed by atoms with Crippen LogP contribution >= 0.6 is 0 Å². The van der Waals surface area contributed by atoms with Crippen molar-refractivity contribution in [3.05, 3.63) is 29.8 Å². The summed E-state index contributed by atoms with van der Waals surface area (Å²) in [6.07, 6.45) is 0. The van der Waals surface area contributed by atoms with Gasteiger partial charge in [-0.1, -0.05) is 0 Å². The lowest BCUT2D eigenvalue weighted by Gasteiger charge is -2.31. The van der Waals surface area contributed by atoms with Gasteiger partial charge in [-0.05, 0) is 19.1 Å². The lowest BCUT2D eigenvalue weighted by molar-refractivity contribution is -0.121. The molecule has 1 amide bonds. The number of hydrogen-bond acceptors (Lipinski definition) is 2. The van der Waals surface area contributed by atoms with Crippen molar-refractivity contribution in [3.8, 4) is 0 Å². The zero-order valence-electron chi connectivity index (χ0n) is 8.84. The van der Waals surface area contributed by atoms with Crippen LogP contribution < -0.4 is 10.2 Å². The number of carbonyl (C=O) groups is 1. The minimum absolute atomic E-state index is 0.139. The molecule has 5 heteroatoms. The van der Waals surface area contributed by atoms with E-state index in [1.54, 1.807) is 6.92 Å². The average molecular weight is 226 g/mol. The van der Waals surface area contributed by atoms with Gasteiger partial charge in [0.1, 0.15) is 11.6 Å². The zero-order valence-corrected chi connectivity index (χ0v) is 8.84. The maximum atomic E-state index is 13.5. The van der Waals surface area contributed by atoms with E-state index in [-0.39, 0.29) is 17.6 Å². The largest absolute Gasteiger partial charge is 0.307 e. The summed E-state index contributed by atoms with van der Waals surface area (Å²) in [5, 5.41) is 2.97. The fourth-order valence-corrected chi connectivity index (χ4v) is 1.76. The first-order chi connectivity index (χ1) is 7.59. The first-order valence-electron chi connectivity index (χ1n) is 5.09. The highest BCUT2D eigenvalue weighted by Crippen LogP contribution is 2.21. The van der Waals surface area contributed by atoms with E-state index >= 15 is 0 Å². The highest BCUT2D eigenvalue weighted by molar-refractivity contribution is 5.97. The molecule has 1 aliphatic heterocycles. The third-order valence-electron chi connectivity index (χ3n) is 2.62. The fourth-order valence-electron chi connectivity index (χ4n) is 1.76. The van der Waals surface area contributed by atoms with Gasteiger partial charge in [-0.25, -0.2) is 8.78 Å². The Hall–Kier alpha value is -1.49. The van der Waals surface area contributed by atoms with Gasteiger partial charge in [0.2, 0.25) is 5.91 Å². The minimum Gasteiger partial charge on any atom is -0.307 e. The van der Waals surface area contributed by atoms with Gasteiger partial charge in [-0.3, -0.25) is 4.79 Å². The number of benzene rings is 1. The van der Waals surface area contributed by atoms with E-state index in [9.17, 15) is 13.6 Å². The van der Waals surface area contributed by atoms with E-state index in [1.807, 2.05) is 0 Å². The first-order valence-corrected chi connectivity index (χ1v) is 5.09. The molecule has 1 fully saturated rings. The summed E-state index contributed by atoms with van der Waals surface area (Å²) in [5.41, 5.74) is 0.139. The summed E-state index contributed by atoms with van der Waals surface area (Å²) in [7, 11) is 0. The molecule has 1 aliphatic rings. The number of piperazine rings is 1. The predicted octanol–water partition coefficient (Wildman–Crippen LogP) is 1.29. The number of amides is 1. The molecule has 1 N–H and O–H groups in total. The lowest BCUT2D eigenvalue weighted by atomic mass is 10.2. The van der Waals surface area contributed by atoms with Crippen molar-refractivity contribution in [1.82, 2.24) is 5.32 Å². The maximum Gasteiger partial charge on any atom is 0.243 e. The van der Waals surface area contributed by atoms with Crippen molar-refractivity contribution in [1.29, 1.82) is 0 Å². The number of nitrogens with zero attached hydrogens (tertiary/aromatic N) is 1. The lowest BCUT2D eigenvalue weighted by Crippen LogP contribution is -2.54. The minimum atomic E-state index is -0.706. The second kappa shape index (κ2) is 4.17. The third kappa shape index (κ3) is 1.90. The van der Waals surface area contributed by atoms with Gasteiger partial charge >= 0.3 is 0 Å². The van der Waals surface area contributed by atoms with Crippen molar-refractivity contribution < 1.29 is 13.6 Å². The fraction of sp³-hybridized carbons (Fsp3) is 0.364. The number of hydrogen-bond donors (Lipinski definition) is 1. The standard InChI is InChI=1S/C11H12F2N2O/c1-7-11(16)15(5-4-14-7)10-3-2-8(12)6-9(10)13/h2-3,6-7,14H,4-5H2,1H3. The molecule has 0 bridgehead atoms. The van der Waals surface area contributed by atoms with Crippen LogP contribution in [-0.2, 0) is 4.79 Å².